The monoisotopic (exact) mass is 374 g/mol. The van der Waals surface area contributed by atoms with Crippen molar-refractivity contribution in [3.8, 4) is 11.5 Å². The molecule has 142 valence electrons. The number of hydrogen-bond acceptors (Lipinski definition) is 6. The number of hydrogen-bond donors (Lipinski definition) is 1. The van der Waals surface area contributed by atoms with E-state index in [1.807, 2.05) is 4.57 Å². The predicted octanol–water partition coefficient (Wildman–Crippen LogP) is 2.53. The van der Waals surface area contributed by atoms with Crippen LogP contribution in [0.5, 0.6) is 11.5 Å². The van der Waals surface area contributed by atoms with Crippen molar-refractivity contribution in [1.29, 1.82) is 0 Å². The molecule has 0 saturated carbocycles. The van der Waals surface area contributed by atoms with E-state index >= 15 is 0 Å². The molecule has 0 aliphatic heterocycles. The minimum Gasteiger partial charge on any atom is -0.493 e. The molecule has 0 unspecified atom stereocenters. The molecule has 0 spiro atoms. The van der Waals surface area contributed by atoms with Crippen molar-refractivity contribution < 1.29 is 27.6 Å². The molecule has 1 aromatic heterocycles. The SMILES string of the molecule is COc1cc(CNCCn2ccnc2)c([N+](=O)[O-])cc1OCC(F)(F)F. The number of nitro benzene ring substituents is 1. The van der Waals surface area contributed by atoms with Gasteiger partial charge in [0.2, 0.25) is 0 Å². The summed E-state index contributed by atoms with van der Waals surface area (Å²) in [5, 5.41) is 14.3. The lowest BCUT2D eigenvalue weighted by molar-refractivity contribution is -0.385. The summed E-state index contributed by atoms with van der Waals surface area (Å²) in [6.45, 7) is -0.302. The number of alkyl halides is 3. The molecule has 0 aliphatic carbocycles. The number of nitro groups is 1. The number of imidazole rings is 1. The highest BCUT2D eigenvalue weighted by Gasteiger charge is 2.30. The summed E-state index contributed by atoms with van der Waals surface area (Å²) in [5.74, 6) is -0.343. The summed E-state index contributed by atoms with van der Waals surface area (Å²) in [6, 6.07) is 2.24. The average Bonchev–Trinajstić information content (AvgIpc) is 3.09. The van der Waals surface area contributed by atoms with Gasteiger partial charge in [0.1, 0.15) is 0 Å². The van der Waals surface area contributed by atoms with Crippen molar-refractivity contribution in [2.45, 2.75) is 19.3 Å². The first-order valence-electron chi connectivity index (χ1n) is 7.51. The summed E-state index contributed by atoms with van der Waals surface area (Å²) in [5.41, 5.74) is -0.0741. The Hall–Kier alpha value is -2.82. The van der Waals surface area contributed by atoms with E-state index in [0.717, 1.165) is 6.07 Å². The van der Waals surface area contributed by atoms with Crippen LogP contribution in [-0.2, 0) is 13.1 Å². The smallest absolute Gasteiger partial charge is 0.422 e. The van der Waals surface area contributed by atoms with E-state index in [1.54, 1.807) is 18.7 Å². The summed E-state index contributed by atoms with van der Waals surface area (Å²) in [7, 11) is 1.25. The summed E-state index contributed by atoms with van der Waals surface area (Å²) >= 11 is 0. The van der Waals surface area contributed by atoms with Crippen LogP contribution in [0.1, 0.15) is 5.56 Å². The average molecular weight is 374 g/mol. The molecule has 2 aromatic rings. The molecule has 0 saturated heterocycles. The van der Waals surface area contributed by atoms with Gasteiger partial charge in [-0.15, -0.1) is 0 Å². The zero-order valence-corrected chi connectivity index (χ0v) is 13.8. The minimum atomic E-state index is -4.56. The molecule has 1 N–H and O–H groups in total. The molecule has 0 radical (unpaired) electrons. The highest BCUT2D eigenvalue weighted by atomic mass is 19.4. The maximum absolute atomic E-state index is 12.3. The first-order valence-corrected chi connectivity index (χ1v) is 7.51. The number of ether oxygens (including phenoxy) is 2. The minimum absolute atomic E-state index is 0.00809. The molecule has 1 aromatic carbocycles. The Kier molecular flexibility index (Phi) is 6.39. The van der Waals surface area contributed by atoms with Crippen molar-refractivity contribution in [2.24, 2.45) is 0 Å². The number of aromatic nitrogens is 2. The third kappa shape index (κ3) is 5.62. The van der Waals surface area contributed by atoms with Crippen LogP contribution in [-0.4, -0.2) is 40.9 Å². The molecular formula is C15H17F3N4O4. The van der Waals surface area contributed by atoms with Gasteiger partial charge >= 0.3 is 6.18 Å². The second-order valence-corrected chi connectivity index (χ2v) is 5.27. The first kappa shape index (κ1) is 19.5. The van der Waals surface area contributed by atoms with Gasteiger partial charge in [0.25, 0.3) is 5.69 Å². The zero-order valence-electron chi connectivity index (χ0n) is 13.8. The van der Waals surface area contributed by atoms with Gasteiger partial charge in [0, 0.05) is 37.6 Å². The van der Waals surface area contributed by atoms with Crippen LogP contribution in [0.2, 0.25) is 0 Å². The van der Waals surface area contributed by atoms with E-state index in [2.05, 4.69) is 15.0 Å². The normalized spacial score (nSPS) is 11.4. The Balaban J connectivity index is 2.10. The quantitative estimate of drug-likeness (QED) is 0.412. The van der Waals surface area contributed by atoms with Crippen molar-refractivity contribution in [3.63, 3.8) is 0 Å². The van der Waals surface area contributed by atoms with E-state index in [1.165, 1.54) is 13.2 Å². The summed E-state index contributed by atoms with van der Waals surface area (Å²) in [6.07, 6.45) is 0.489. The first-order chi connectivity index (χ1) is 12.3. The molecule has 8 nitrogen and oxygen atoms in total. The third-order valence-corrected chi connectivity index (χ3v) is 3.37. The van der Waals surface area contributed by atoms with Crippen LogP contribution in [0.15, 0.2) is 30.9 Å². The molecule has 0 amide bonds. The Morgan fingerprint density at radius 3 is 2.69 bits per heavy atom. The molecule has 0 fully saturated rings. The Labute approximate surface area is 146 Å². The van der Waals surface area contributed by atoms with Gasteiger partial charge in [0.05, 0.1) is 24.4 Å². The van der Waals surface area contributed by atoms with Crippen LogP contribution in [0.25, 0.3) is 0 Å². The van der Waals surface area contributed by atoms with Crippen LogP contribution in [0.4, 0.5) is 18.9 Å². The Bertz CT molecular complexity index is 735. The van der Waals surface area contributed by atoms with Gasteiger partial charge in [-0.25, -0.2) is 4.98 Å². The highest BCUT2D eigenvalue weighted by Crippen LogP contribution is 2.35. The van der Waals surface area contributed by atoms with Crippen molar-refractivity contribution in [3.05, 3.63) is 46.5 Å². The highest BCUT2D eigenvalue weighted by molar-refractivity contribution is 5.54. The van der Waals surface area contributed by atoms with Gasteiger partial charge in [0.15, 0.2) is 18.1 Å². The molecule has 0 atom stereocenters. The lowest BCUT2D eigenvalue weighted by atomic mass is 10.1. The van der Waals surface area contributed by atoms with Crippen molar-refractivity contribution >= 4 is 5.69 Å². The topological polar surface area (TPSA) is 91.5 Å². The number of nitrogens with zero attached hydrogens (tertiary/aromatic N) is 3. The van der Waals surface area contributed by atoms with Gasteiger partial charge in [-0.1, -0.05) is 0 Å². The summed E-state index contributed by atoms with van der Waals surface area (Å²) < 4.78 is 48.4. The number of halogens is 3. The second-order valence-electron chi connectivity index (χ2n) is 5.27. The lowest BCUT2D eigenvalue weighted by Crippen LogP contribution is -2.21. The molecule has 0 bridgehead atoms. The van der Waals surface area contributed by atoms with Crippen molar-refractivity contribution in [1.82, 2.24) is 14.9 Å². The second kappa shape index (κ2) is 8.52. The van der Waals surface area contributed by atoms with Crippen molar-refractivity contribution in [2.75, 3.05) is 20.3 Å². The number of benzene rings is 1. The summed E-state index contributed by atoms with van der Waals surface area (Å²) in [4.78, 5) is 14.5. The molecule has 1 heterocycles. The number of methoxy groups -OCH3 is 1. The van der Waals surface area contributed by atoms with E-state index in [-0.39, 0.29) is 29.3 Å². The fourth-order valence-electron chi connectivity index (χ4n) is 2.18. The molecule has 26 heavy (non-hydrogen) atoms. The van der Waals surface area contributed by atoms with Gasteiger partial charge in [-0.2, -0.15) is 13.2 Å². The maximum atomic E-state index is 12.3. The fourth-order valence-corrected chi connectivity index (χ4v) is 2.18. The number of nitrogens with one attached hydrogen (secondary N) is 1. The van der Waals surface area contributed by atoms with Gasteiger partial charge in [-0.3, -0.25) is 10.1 Å². The van der Waals surface area contributed by atoms with Crippen LogP contribution < -0.4 is 14.8 Å². The molecule has 0 aliphatic rings. The standard InChI is InChI=1S/C15H17F3N4O4/c1-25-13-6-11(8-19-2-4-21-5-3-20-10-21)12(22(23)24)7-14(13)26-9-15(16,17)18/h3,5-7,10,19H,2,4,8-9H2,1H3. The molecule has 2 rings (SSSR count). The number of rotatable bonds is 9. The lowest BCUT2D eigenvalue weighted by Gasteiger charge is -2.14. The van der Waals surface area contributed by atoms with E-state index < -0.39 is 17.7 Å². The van der Waals surface area contributed by atoms with Gasteiger partial charge in [-0.05, 0) is 6.07 Å². The van der Waals surface area contributed by atoms with E-state index in [4.69, 9.17) is 4.74 Å². The van der Waals surface area contributed by atoms with Crippen LogP contribution in [0, 0.1) is 10.1 Å². The third-order valence-electron chi connectivity index (χ3n) is 3.37. The predicted molar refractivity (Wildman–Crippen MR) is 85.1 cm³/mol. The molecular weight excluding hydrogens is 357 g/mol. The van der Waals surface area contributed by atoms with Crippen LogP contribution in [0.3, 0.4) is 0 Å². The Morgan fingerprint density at radius 2 is 2.12 bits per heavy atom. The Morgan fingerprint density at radius 1 is 1.35 bits per heavy atom. The van der Waals surface area contributed by atoms with Crippen LogP contribution >= 0.6 is 0 Å². The van der Waals surface area contributed by atoms with E-state index in [0.29, 0.717) is 13.1 Å². The largest absolute Gasteiger partial charge is 0.493 e. The fraction of sp³-hybridized carbons (Fsp3) is 0.400. The van der Waals surface area contributed by atoms with E-state index in [9.17, 15) is 23.3 Å². The van der Waals surface area contributed by atoms with Gasteiger partial charge < -0.3 is 19.4 Å². The molecule has 11 heteroatoms. The zero-order chi connectivity index (χ0) is 19.2. The maximum Gasteiger partial charge on any atom is 0.422 e.